The van der Waals surface area contributed by atoms with Crippen LogP contribution in [0.1, 0.15) is 6.42 Å². The van der Waals surface area contributed by atoms with Crippen LogP contribution in [0.4, 0.5) is 5.82 Å². The molecule has 7 heteroatoms. The third-order valence-electron chi connectivity index (χ3n) is 2.86. The maximum atomic E-state index is 11.7. The average Bonchev–Trinajstić information content (AvgIpc) is 2.29. The predicted octanol–water partition coefficient (Wildman–Crippen LogP) is 1.19. The normalized spacial score (nSPS) is 15.8. The van der Waals surface area contributed by atoms with Gasteiger partial charge in [-0.2, -0.15) is 0 Å². The molecule has 0 atom stereocenters. The number of carboxylic acid groups (broad SMARTS) is 1. The largest absolute Gasteiger partial charge is 0.481 e. The van der Waals surface area contributed by atoms with E-state index in [-0.39, 0.29) is 24.8 Å². The van der Waals surface area contributed by atoms with Crippen molar-refractivity contribution in [2.24, 2.45) is 5.92 Å². The van der Waals surface area contributed by atoms with E-state index in [1.165, 1.54) is 0 Å². The van der Waals surface area contributed by atoms with Crippen LogP contribution in [0.5, 0.6) is 0 Å². The van der Waals surface area contributed by atoms with Crippen molar-refractivity contribution in [3.05, 3.63) is 22.8 Å². The number of hydrogen-bond donors (Lipinski definition) is 2. The van der Waals surface area contributed by atoms with E-state index >= 15 is 0 Å². The summed E-state index contributed by atoms with van der Waals surface area (Å²) in [6.07, 6.45) is 1.79. The van der Waals surface area contributed by atoms with E-state index in [1.54, 1.807) is 18.3 Å². The Hall–Kier alpha value is -1.47. The Labute approximate surface area is 118 Å². The van der Waals surface area contributed by atoms with Crippen molar-refractivity contribution in [3.63, 3.8) is 0 Å². The van der Waals surface area contributed by atoms with Gasteiger partial charge in [-0.15, -0.1) is 0 Å². The molecule has 1 aromatic heterocycles. The lowest BCUT2D eigenvalue weighted by molar-refractivity contribution is -0.139. The summed E-state index contributed by atoms with van der Waals surface area (Å²) in [5, 5.41) is 11.3. The zero-order chi connectivity index (χ0) is 13.8. The molecule has 0 aliphatic carbocycles. The molecule has 2 rings (SSSR count). The van der Waals surface area contributed by atoms with E-state index in [2.05, 4.69) is 26.2 Å². The van der Waals surface area contributed by atoms with E-state index in [1.807, 2.05) is 4.90 Å². The summed E-state index contributed by atoms with van der Waals surface area (Å²) in [5.41, 5.74) is 0. The first-order valence-corrected chi connectivity index (χ1v) is 6.68. The van der Waals surface area contributed by atoms with Crippen LogP contribution in [0, 0.1) is 5.92 Å². The minimum Gasteiger partial charge on any atom is -0.481 e. The molecule has 6 nitrogen and oxygen atoms in total. The Morgan fingerprint density at radius 1 is 1.47 bits per heavy atom. The molecule has 102 valence electrons. The number of amides is 1. The van der Waals surface area contributed by atoms with E-state index in [4.69, 9.17) is 5.11 Å². The molecule has 0 radical (unpaired) electrons. The molecule has 0 spiro atoms. The third kappa shape index (κ3) is 4.29. The highest BCUT2D eigenvalue weighted by Gasteiger charge is 2.29. The van der Waals surface area contributed by atoms with Crippen LogP contribution in [-0.2, 0) is 9.59 Å². The third-order valence-corrected chi connectivity index (χ3v) is 3.33. The monoisotopic (exact) mass is 327 g/mol. The van der Waals surface area contributed by atoms with Crippen molar-refractivity contribution in [2.75, 3.05) is 25.0 Å². The van der Waals surface area contributed by atoms with Gasteiger partial charge in [0.1, 0.15) is 5.82 Å². The standard InChI is InChI=1S/C12H14BrN3O3/c13-9-1-2-10(14-4-9)15-11(17)7-16-5-8(6-16)3-12(18)19/h1-2,4,8H,3,5-7H2,(H,18,19)(H,14,15,17). The van der Waals surface area contributed by atoms with Crippen molar-refractivity contribution in [1.82, 2.24) is 9.88 Å². The number of carbonyl (C=O) groups excluding carboxylic acids is 1. The summed E-state index contributed by atoms with van der Waals surface area (Å²) < 4.78 is 0.852. The summed E-state index contributed by atoms with van der Waals surface area (Å²) in [6.45, 7) is 1.59. The molecular formula is C12H14BrN3O3. The second kappa shape index (κ2) is 6.12. The summed E-state index contributed by atoms with van der Waals surface area (Å²) in [4.78, 5) is 28.2. The van der Waals surface area contributed by atoms with Gasteiger partial charge in [-0.25, -0.2) is 4.98 Å². The molecule has 1 fully saturated rings. The van der Waals surface area contributed by atoms with Gasteiger partial charge in [0.15, 0.2) is 0 Å². The van der Waals surface area contributed by atoms with Gasteiger partial charge < -0.3 is 10.4 Å². The fraction of sp³-hybridized carbons (Fsp3) is 0.417. The Morgan fingerprint density at radius 2 is 2.21 bits per heavy atom. The lowest BCUT2D eigenvalue weighted by atomic mass is 9.96. The number of pyridine rings is 1. The molecule has 2 N–H and O–H groups in total. The van der Waals surface area contributed by atoms with Crippen molar-refractivity contribution in [3.8, 4) is 0 Å². The molecule has 0 saturated carbocycles. The maximum absolute atomic E-state index is 11.7. The number of hydrogen-bond acceptors (Lipinski definition) is 4. The molecular weight excluding hydrogens is 314 g/mol. The van der Waals surface area contributed by atoms with Gasteiger partial charge >= 0.3 is 5.97 Å². The summed E-state index contributed by atoms with van der Waals surface area (Å²) in [6, 6.07) is 3.51. The number of carboxylic acids is 1. The van der Waals surface area contributed by atoms with Crippen LogP contribution in [-0.4, -0.2) is 46.5 Å². The van der Waals surface area contributed by atoms with E-state index < -0.39 is 5.97 Å². The summed E-state index contributed by atoms with van der Waals surface area (Å²) in [5.74, 6) is -0.247. The maximum Gasteiger partial charge on any atom is 0.303 e. The molecule has 1 aromatic rings. The molecule has 2 heterocycles. The predicted molar refractivity (Wildman–Crippen MR) is 72.7 cm³/mol. The van der Waals surface area contributed by atoms with E-state index in [9.17, 15) is 9.59 Å². The molecule has 1 aliphatic heterocycles. The van der Waals surface area contributed by atoms with E-state index in [0.717, 1.165) is 4.47 Å². The number of halogens is 1. The van der Waals surface area contributed by atoms with Gasteiger partial charge in [-0.3, -0.25) is 14.5 Å². The molecule has 0 bridgehead atoms. The SMILES string of the molecule is O=C(O)CC1CN(CC(=O)Nc2ccc(Br)cn2)C1. The highest BCUT2D eigenvalue weighted by Crippen LogP contribution is 2.18. The first-order valence-electron chi connectivity index (χ1n) is 5.88. The highest BCUT2D eigenvalue weighted by molar-refractivity contribution is 9.10. The number of nitrogens with one attached hydrogen (secondary N) is 1. The smallest absolute Gasteiger partial charge is 0.303 e. The Kier molecular flexibility index (Phi) is 4.49. The van der Waals surface area contributed by atoms with Crippen LogP contribution >= 0.6 is 15.9 Å². The fourth-order valence-electron chi connectivity index (χ4n) is 2.02. The number of anilines is 1. The average molecular weight is 328 g/mol. The van der Waals surface area contributed by atoms with E-state index in [0.29, 0.717) is 18.9 Å². The number of aromatic nitrogens is 1. The number of aliphatic carboxylic acids is 1. The van der Waals surface area contributed by atoms with Gasteiger partial charge in [-0.05, 0) is 34.0 Å². The number of likely N-dealkylation sites (tertiary alicyclic amines) is 1. The Bertz CT molecular complexity index is 472. The molecule has 1 saturated heterocycles. The summed E-state index contributed by atoms with van der Waals surface area (Å²) >= 11 is 3.27. The van der Waals surface area contributed by atoms with Crippen molar-refractivity contribution in [1.29, 1.82) is 0 Å². The topological polar surface area (TPSA) is 82.5 Å². The molecule has 19 heavy (non-hydrogen) atoms. The minimum absolute atomic E-state index is 0.136. The minimum atomic E-state index is -0.784. The molecule has 1 aliphatic rings. The number of nitrogens with zero attached hydrogens (tertiary/aromatic N) is 2. The van der Waals surface area contributed by atoms with Crippen LogP contribution in [0.2, 0.25) is 0 Å². The van der Waals surface area contributed by atoms with Crippen molar-refractivity contribution < 1.29 is 14.7 Å². The van der Waals surface area contributed by atoms with Gasteiger partial charge in [0.05, 0.1) is 13.0 Å². The second-order valence-electron chi connectivity index (χ2n) is 4.57. The zero-order valence-electron chi connectivity index (χ0n) is 10.2. The van der Waals surface area contributed by atoms with Gasteiger partial charge in [0, 0.05) is 23.8 Å². The molecule has 1 amide bonds. The zero-order valence-corrected chi connectivity index (χ0v) is 11.8. The van der Waals surface area contributed by atoms with Crippen molar-refractivity contribution >= 4 is 33.6 Å². The number of rotatable bonds is 5. The lowest BCUT2D eigenvalue weighted by Crippen LogP contribution is -2.50. The highest BCUT2D eigenvalue weighted by atomic mass is 79.9. The van der Waals surface area contributed by atoms with Crippen LogP contribution in [0.15, 0.2) is 22.8 Å². The Morgan fingerprint density at radius 3 is 2.79 bits per heavy atom. The first kappa shape index (κ1) is 14.0. The quantitative estimate of drug-likeness (QED) is 0.848. The van der Waals surface area contributed by atoms with Crippen LogP contribution < -0.4 is 5.32 Å². The first-order chi connectivity index (χ1) is 9.02. The Balaban J connectivity index is 1.71. The van der Waals surface area contributed by atoms with Crippen LogP contribution in [0.3, 0.4) is 0 Å². The van der Waals surface area contributed by atoms with Gasteiger partial charge in [-0.1, -0.05) is 0 Å². The molecule has 0 aromatic carbocycles. The number of carbonyl (C=O) groups is 2. The fourth-order valence-corrected chi connectivity index (χ4v) is 2.25. The lowest BCUT2D eigenvalue weighted by Gasteiger charge is -2.37. The van der Waals surface area contributed by atoms with Gasteiger partial charge in [0.2, 0.25) is 5.91 Å². The molecule has 0 unspecified atom stereocenters. The van der Waals surface area contributed by atoms with Crippen molar-refractivity contribution in [2.45, 2.75) is 6.42 Å². The van der Waals surface area contributed by atoms with Gasteiger partial charge in [0.25, 0.3) is 0 Å². The summed E-state index contributed by atoms with van der Waals surface area (Å²) in [7, 11) is 0. The second-order valence-corrected chi connectivity index (χ2v) is 5.48. The van der Waals surface area contributed by atoms with Crippen LogP contribution in [0.25, 0.3) is 0 Å².